The SMILES string of the molecule is Nc1nc(N2CCN(c3ccc(Cl)cc3)CC2)c2[nH]cnc2n1. The van der Waals surface area contributed by atoms with Gasteiger partial charge in [-0.15, -0.1) is 0 Å². The highest BCUT2D eigenvalue weighted by Gasteiger charge is 2.21. The second-order valence-corrected chi connectivity index (χ2v) is 5.89. The van der Waals surface area contributed by atoms with Crippen LogP contribution < -0.4 is 15.5 Å². The van der Waals surface area contributed by atoms with Crippen LogP contribution in [-0.4, -0.2) is 46.1 Å². The molecule has 0 spiro atoms. The summed E-state index contributed by atoms with van der Waals surface area (Å²) in [5.41, 5.74) is 8.42. The molecule has 0 aliphatic carbocycles. The third-order valence-electron chi connectivity index (χ3n) is 4.05. The molecule has 3 heterocycles. The van der Waals surface area contributed by atoms with Crippen LogP contribution in [0.5, 0.6) is 0 Å². The molecule has 118 valence electrons. The molecule has 1 saturated heterocycles. The summed E-state index contributed by atoms with van der Waals surface area (Å²) in [6.45, 7) is 3.52. The zero-order valence-electron chi connectivity index (χ0n) is 12.4. The molecule has 8 heteroatoms. The van der Waals surface area contributed by atoms with E-state index in [1.807, 2.05) is 24.3 Å². The van der Waals surface area contributed by atoms with Crippen molar-refractivity contribution in [2.45, 2.75) is 0 Å². The van der Waals surface area contributed by atoms with Crippen LogP contribution in [0.3, 0.4) is 0 Å². The van der Waals surface area contributed by atoms with Crippen molar-refractivity contribution in [3.05, 3.63) is 35.6 Å². The average Bonchev–Trinajstić information content (AvgIpc) is 3.03. The van der Waals surface area contributed by atoms with Crippen LogP contribution in [0.2, 0.25) is 5.02 Å². The Morgan fingerprint density at radius 1 is 1.00 bits per heavy atom. The lowest BCUT2D eigenvalue weighted by Gasteiger charge is -2.36. The number of piperazine rings is 1. The van der Waals surface area contributed by atoms with Crippen LogP contribution in [0.1, 0.15) is 0 Å². The van der Waals surface area contributed by atoms with Gasteiger partial charge < -0.3 is 20.5 Å². The number of nitrogens with zero attached hydrogens (tertiary/aromatic N) is 5. The summed E-state index contributed by atoms with van der Waals surface area (Å²) < 4.78 is 0. The zero-order valence-corrected chi connectivity index (χ0v) is 13.2. The number of nitrogens with two attached hydrogens (primary N) is 1. The summed E-state index contributed by atoms with van der Waals surface area (Å²) in [4.78, 5) is 20.3. The number of aromatic amines is 1. The number of anilines is 3. The summed E-state index contributed by atoms with van der Waals surface area (Å²) in [5.74, 6) is 1.07. The van der Waals surface area contributed by atoms with E-state index in [-0.39, 0.29) is 5.95 Å². The predicted molar refractivity (Wildman–Crippen MR) is 92.0 cm³/mol. The Kier molecular flexibility index (Phi) is 3.42. The van der Waals surface area contributed by atoms with Gasteiger partial charge in [-0.1, -0.05) is 11.6 Å². The molecule has 7 nitrogen and oxygen atoms in total. The van der Waals surface area contributed by atoms with Crippen molar-refractivity contribution < 1.29 is 0 Å². The number of nitrogen functional groups attached to an aromatic ring is 1. The van der Waals surface area contributed by atoms with Crippen LogP contribution in [0, 0.1) is 0 Å². The molecule has 0 atom stereocenters. The first kappa shape index (κ1) is 14.1. The Labute approximate surface area is 138 Å². The Bertz CT molecular complexity index is 821. The van der Waals surface area contributed by atoms with Crippen LogP contribution in [0.15, 0.2) is 30.6 Å². The summed E-state index contributed by atoms with van der Waals surface area (Å²) >= 11 is 5.95. The van der Waals surface area contributed by atoms with E-state index < -0.39 is 0 Å². The third-order valence-corrected chi connectivity index (χ3v) is 4.31. The number of H-pyrrole nitrogens is 1. The minimum Gasteiger partial charge on any atom is -0.368 e. The fraction of sp³-hybridized carbons (Fsp3) is 0.267. The number of halogens is 1. The predicted octanol–water partition coefficient (Wildman–Crippen LogP) is 1.92. The topological polar surface area (TPSA) is 87.0 Å². The zero-order chi connectivity index (χ0) is 15.8. The number of aromatic nitrogens is 4. The van der Waals surface area contributed by atoms with E-state index in [0.29, 0.717) is 5.65 Å². The van der Waals surface area contributed by atoms with Gasteiger partial charge in [-0.25, -0.2) is 4.98 Å². The molecule has 0 amide bonds. The molecule has 1 aliphatic rings. The molecule has 1 aliphatic heterocycles. The van der Waals surface area contributed by atoms with Gasteiger partial charge in [-0.2, -0.15) is 9.97 Å². The number of hydrogen-bond acceptors (Lipinski definition) is 6. The summed E-state index contributed by atoms with van der Waals surface area (Å²) in [6.07, 6.45) is 1.62. The van der Waals surface area contributed by atoms with Gasteiger partial charge in [-0.3, -0.25) is 0 Å². The van der Waals surface area contributed by atoms with Crippen LogP contribution >= 0.6 is 11.6 Å². The highest BCUT2D eigenvalue weighted by atomic mass is 35.5. The number of rotatable bonds is 2. The van der Waals surface area contributed by atoms with Crippen molar-refractivity contribution in [3.63, 3.8) is 0 Å². The maximum Gasteiger partial charge on any atom is 0.224 e. The summed E-state index contributed by atoms with van der Waals surface area (Å²) in [6, 6.07) is 7.94. The van der Waals surface area contributed by atoms with Crippen LogP contribution in [0.4, 0.5) is 17.5 Å². The average molecular weight is 330 g/mol. The maximum atomic E-state index is 5.95. The van der Waals surface area contributed by atoms with E-state index in [0.717, 1.165) is 42.5 Å². The molecular weight excluding hydrogens is 314 g/mol. The van der Waals surface area contributed by atoms with Gasteiger partial charge in [0.15, 0.2) is 11.5 Å². The van der Waals surface area contributed by atoms with Crippen molar-refractivity contribution in [1.29, 1.82) is 0 Å². The molecule has 3 N–H and O–H groups in total. The number of hydrogen-bond donors (Lipinski definition) is 2. The molecule has 2 aromatic heterocycles. The molecule has 1 aromatic carbocycles. The number of fused-ring (bicyclic) bond motifs is 1. The molecular formula is C15H16ClN7. The highest BCUT2D eigenvalue weighted by molar-refractivity contribution is 6.30. The Morgan fingerprint density at radius 2 is 1.70 bits per heavy atom. The smallest absolute Gasteiger partial charge is 0.224 e. The van der Waals surface area contributed by atoms with Gasteiger partial charge in [0.2, 0.25) is 5.95 Å². The van der Waals surface area contributed by atoms with E-state index in [1.54, 1.807) is 6.33 Å². The van der Waals surface area contributed by atoms with Gasteiger partial charge in [0.25, 0.3) is 0 Å². The third kappa shape index (κ3) is 2.63. The summed E-state index contributed by atoms with van der Waals surface area (Å²) in [7, 11) is 0. The lowest BCUT2D eigenvalue weighted by molar-refractivity contribution is 0.649. The highest BCUT2D eigenvalue weighted by Crippen LogP contribution is 2.25. The molecule has 3 aromatic rings. The number of nitrogens with one attached hydrogen (secondary N) is 1. The fourth-order valence-corrected chi connectivity index (χ4v) is 3.02. The second-order valence-electron chi connectivity index (χ2n) is 5.46. The lowest BCUT2D eigenvalue weighted by atomic mass is 10.2. The lowest BCUT2D eigenvalue weighted by Crippen LogP contribution is -2.47. The number of benzene rings is 1. The Hall–Kier alpha value is -2.54. The van der Waals surface area contributed by atoms with Crippen LogP contribution in [-0.2, 0) is 0 Å². The van der Waals surface area contributed by atoms with Crippen LogP contribution in [0.25, 0.3) is 11.2 Å². The van der Waals surface area contributed by atoms with Crippen molar-refractivity contribution in [3.8, 4) is 0 Å². The first-order valence-electron chi connectivity index (χ1n) is 7.43. The van der Waals surface area contributed by atoms with Crippen molar-refractivity contribution in [1.82, 2.24) is 19.9 Å². The van der Waals surface area contributed by atoms with Crippen molar-refractivity contribution in [2.24, 2.45) is 0 Å². The maximum absolute atomic E-state index is 5.95. The van der Waals surface area contributed by atoms with Gasteiger partial charge in [-0.05, 0) is 24.3 Å². The van der Waals surface area contributed by atoms with Gasteiger partial charge in [0.05, 0.1) is 6.33 Å². The minimum atomic E-state index is 0.250. The molecule has 0 saturated carbocycles. The fourth-order valence-electron chi connectivity index (χ4n) is 2.89. The monoisotopic (exact) mass is 329 g/mol. The standard InChI is InChI=1S/C15H16ClN7/c16-10-1-3-11(4-2-10)22-5-7-23(8-6-22)14-12-13(19-9-18-12)20-15(17)21-14/h1-4,9H,5-8H2,(H3,17,18,19,20,21). The van der Waals surface area contributed by atoms with E-state index in [1.165, 1.54) is 5.69 Å². The van der Waals surface area contributed by atoms with Crippen molar-refractivity contribution >= 4 is 40.2 Å². The minimum absolute atomic E-state index is 0.250. The molecule has 4 rings (SSSR count). The van der Waals surface area contributed by atoms with Gasteiger partial charge >= 0.3 is 0 Å². The van der Waals surface area contributed by atoms with Crippen molar-refractivity contribution in [2.75, 3.05) is 41.7 Å². The van der Waals surface area contributed by atoms with Gasteiger partial charge in [0.1, 0.15) is 5.52 Å². The quantitative estimate of drug-likeness (QED) is 0.747. The van der Waals surface area contributed by atoms with E-state index in [9.17, 15) is 0 Å². The Balaban J connectivity index is 1.55. The first-order chi connectivity index (χ1) is 11.2. The molecule has 23 heavy (non-hydrogen) atoms. The molecule has 1 fully saturated rings. The molecule has 0 unspecified atom stereocenters. The van der Waals surface area contributed by atoms with E-state index in [4.69, 9.17) is 17.3 Å². The summed E-state index contributed by atoms with van der Waals surface area (Å²) in [5, 5.41) is 0.755. The molecule has 0 bridgehead atoms. The van der Waals surface area contributed by atoms with E-state index in [2.05, 4.69) is 29.7 Å². The normalized spacial score (nSPS) is 15.3. The molecule has 0 radical (unpaired) electrons. The van der Waals surface area contributed by atoms with E-state index >= 15 is 0 Å². The largest absolute Gasteiger partial charge is 0.368 e. The van der Waals surface area contributed by atoms with Gasteiger partial charge in [0, 0.05) is 36.9 Å². The second kappa shape index (κ2) is 5.58. The number of imidazole rings is 1. The first-order valence-corrected chi connectivity index (χ1v) is 7.80. The Morgan fingerprint density at radius 3 is 2.43 bits per heavy atom.